The highest BCUT2D eigenvalue weighted by Crippen LogP contribution is 2.24. The Kier molecular flexibility index (Phi) is 5.05. The second-order valence-electron chi connectivity index (χ2n) is 5.09. The number of hydrogen-bond acceptors (Lipinski definition) is 7. The third-order valence-electron chi connectivity index (χ3n) is 3.57. The molecule has 21 heavy (non-hydrogen) atoms. The molecule has 2 atom stereocenters. The Balaban J connectivity index is 1.92. The fourth-order valence-corrected chi connectivity index (χ4v) is 2.27. The molecule has 1 saturated heterocycles. The number of piperidine rings is 1. The van der Waals surface area contributed by atoms with E-state index in [4.69, 9.17) is 4.74 Å². The van der Waals surface area contributed by atoms with Crippen molar-refractivity contribution < 1.29 is 19.7 Å². The largest absolute Gasteiger partial charge is 0.388 e. The lowest BCUT2D eigenvalue weighted by Crippen LogP contribution is -2.60. The molecular formula is C13H20N4O4. The van der Waals surface area contributed by atoms with Crippen LogP contribution in [-0.2, 0) is 9.53 Å². The number of carbonyl (C=O) groups is 1. The van der Waals surface area contributed by atoms with Crippen molar-refractivity contribution in [2.45, 2.75) is 18.1 Å². The Hall–Kier alpha value is -1.77. The Morgan fingerprint density at radius 3 is 3.05 bits per heavy atom. The van der Waals surface area contributed by atoms with Crippen LogP contribution >= 0.6 is 0 Å². The van der Waals surface area contributed by atoms with Crippen molar-refractivity contribution in [2.75, 3.05) is 38.3 Å². The van der Waals surface area contributed by atoms with Crippen molar-refractivity contribution in [2.24, 2.45) is 0 Å². The maximum atomic E-state index is 11.4. The smallest absolute Gasteiger partial charge is 0.246 e. The average Bonchev–Trinajstić information content (AvgIpc) is 2.50. The highest BCUT2D eigenvalue weighted by atomic mass is 16.5. The van der Waals surface area contributed by atoms with Gasteiger partial charge in [0, 0.05) is 39.1 Å². The molecule has 2 heterocycles. The van der Waals surface area contributed by atoms with Gasteiger partial charge >= 0.3 is 0 Å². The molecule has 0 saturated carbocycles. The number of amides is 1. The van der Waals surface area contributed by atoms with Gasteiger partial charge in [-0.3, -0.25) is 9.78 Å². The first-order valence-corrected chi connectivity index (χ1v) is 6.72. The second-order valence-corrected chi connectivity index (χ2v) is 5.09. The topological polar surface area (TPSA) is 108 Å². The van der Waals surface area contributed by atoms with Crippen molar-refractivity contribution in [3.63, 3.8) is 0 Å². The summed E-state index contributed by atoms with van der Waals surface area (Å²) in [6.45, 7) is 0.671. The van der Waals surface area contributed by atoms with Crippen molar-refractivity contribution in [1.29, 1.82) is 0 Å². The van der Waals surface area contributed by atoms with Crippen LogP contribution in [0.2, 0.25) is 0 Å². The van der Waals surface area contributed by atoms with Gasteiger partial charge in [0.25, 0.3) is 0 Å². The van der Waals surface area contributed by atoms with Crippen LogP contribution in [0.15, 0.2) is 18.6 Å². The van der Waals surface area contributed by atoms with Gasteiger partial charge in [-0.05, 0) is 6.42 Å². The molecule has 1 amide bonds. The van der Waals surface area contributed by atoms with Crippen molar-refractivity contribution >= 4 is 11.7 Å². The Morgan fingerprint density at radius 1 is 1.62 bits per heavy atom. The molecule has 1 fully saturated rings. The number of ether oxygens (including phenoxy) is 1. The van der Waals surface area contributed by atoms with E-state index in [9.17, 15) is 15.0 Å². The summed E-state index contributed by atoms with van der Waals surface area (Å²) in [5.41, 5.74) is -1.35. The van der Waals surface area contributed by atoms with Crippen molar-refractivity contribution in [3.8, 4) is 0 Å². The molecule has 2 rings (SSSR count). The lowest BCUT2D eigenvalue weighted by Gasteiger charge is -2.42. The maximum absolute atomic E-state index is 11.4. The van der Waals surface area contributed by atoms with Gasteiger partial charge in [0.15, 0.2) is 0 Å². The number of carbonyl (C=O) groups excluding carboxylic acids is 1. The lowest BCUT2D eigenvalue weighted by molar-refractivity contribution is -0.128. The van der Waals surface area contributed by atoms with E-state index in [0.29, 0.717) is 18.8 Å². The summed E-state index contributed by atoms with van der Waals surface area (Å²) in [7, 11) is 1.42. The van der Waals surface area contributed by atoms with Gasteiger partial charge in [-0.25, -0.2) is 4.98 Å². The standard InChI is InChI=1S/C13H20N4O4/c1-21-8-12(19)16-9-13(20)2-5-17(7-10(13)18)11-6-14-3-4-15-11/h3-4,6,10,18,20H,2,5,7-9H2,1H3,(H,16,19)/t10-,13-/m1/s1. The number of rotatable bonds is 5. The van der Waals surface area contributed by atoms with Crippen LogP contribution in [0.4, 0.5) is 5.82 Å². The monoisotopic (exact) mass is 296 g/mol. The minimum absolute atomic E-state index is 0.00926. The van der Waals surface area contributed by atoms with Gasteiger partial charge < -0.3 is 25.2 Å². The van der Waals surface area contributed by atoms with Crippen LogP contribution < -0.4 is 10.2 Å². The second kappa shape index (κ2) is 6.79. The summed E-state index contributed by atoms with van der Waals surface area (Å²) in [6, 6.07) is 0. The number of aromatic nitrogens is 2. The summed E-state index contributed by atoms with van der Waals surface area (Å²) in [4.78, 5) is 21.4. The predicted octanol–water partition coefficient (Wildman–Crippen LogP) is -1.46. The zero-order valence-corrected chi connectivity index (χ0v) is 11.9. The first-order chi connectivity index (χ1) is 10.0. The summed E-state index contributed by atoms with van der Waals surface area (Å²) in [5.74, 6) is 0.330. The molecule has 1 aromatic rings. The number of aliphatic hydroxyl groups excluding tert-OH is 1. The van der Waals surface area contributed by atoms with Crippen molar-refractivity contribution in [1.82, 2.24) is 15.3 Å². The number of nitrogens with one attached hydrogen (secondary N) is 1. The molecule has 8 heteroatoms. The number of aliphatic hydroxyl groups is 2. The molecule has 8 nitrogen and oxygen atoms in total. The zero-order chi connectivity index (χ0) is 15.3. The summed E-state index contributed by atoms with van der Waals surface area (Å²) in [5, 5.41) is 23.2. The molecular weight excluding hydrogens is 276 g/mol. The number of hydrogen-bond donors (Lipinski definition) is 3. The SMILES string of the molecule is COCC(=O)NC[C@]1(O)CCN(c2cnccn2)C[C@H]1O. The highest BCUT2D eigenvalue weighted by Gasteiger charge is 2.41. The van der Waals surface area contributed by atoms with Crippen LogP contribution in [0, 0.1) is 0 Å². The molecule has 0 aromatic carbocycles. The van der Waals surface area contributed by atoms with E-state index in [2.05, 4.69) is 15.3 Å². The van der Waals surface area contributed by atoms with Crippen LogP contribution in [0.3, 0.4) is 0 Å². The fraction of sp³-hybridized carbons (Fsp3) is 0.615. The fourth-order valence-electron chi connectivity index (χ4n) is 2.27. The van der Waals surface area contributed by atoms with Crippen LogP contribution in [0.25, 0.3) is 0 Å². The first-order valence-electron chi connectivity index (χ1n) is 6.72. The van der Waals surface area contributed by atoms with Gasteiger partial charge in [0.05, 0.1) is 6.20 Å². The molecule has 3 N–H and O–H groups in total. The Morgan fingerprint density at radius 2 is 2.43 bits per heavy atom. The van der Waals surface area contributed by atoms with Gasteiger partial charge in [-0.15, -0.1) is 0 Å². The van der Waals surface area contributed by atoms with Gasteiger partial charge in [0.1, 0.15) is 24.1 Å². The molecule has 0 radical (unpaired) electrons. The minimum Gasteiger partial charge on any atom is -0.388 e. The van der Waals surface area contributed by atoms with Crippen molar-refractivity contribution in [3.05, 3.63) is 18.6 Å². The molecule has 0 bridgehead atoms. The van der Waals surface area contributed by atoms with Gasteiger partial charge in [0.2, 0.25) is 5.91 Å². The van der Waals surface area contributed by atoms with Crippen LogP contribution in [0.1, 0.15) is 6.42 Å². The van der Waals surface area contributed by atoms with E-state index in [1.165, 1.54) is 7.11 Å². The van der Waals surface area contributed by atoms with E-state index in [0.717, 1.165) is 0 Å². The highest BCUT2D eigenvalue weighted by molar-refractivity contribution is 5.77. The van der Waals surface area contributed by atoms with E-state index >= 15 is 0 Å². The lowest BCUT2D eigenvalue weighted by atomic mass is 9.88. The molecule has 1 aromatic heterocycles. The third kappa shape index (κ3) is 3.87. The molecule has 1 aliphatic heterocycles. The quantitative estimate of drug-likeness (QED) is 0.609. The third-order valence-corrected chi connectivity index (χ3v) is 3.57. The number of methoxy groups -OCH3 is 1. The van der Waals surface area contributed by atoms with Gasteiger partial charge in [-0.2, -0.15) is 0 Å². The summed E-state index contributed by atoms with van der Waals surface area (Å²) < 4.78 is 4.70. The van der Waals surface area contributed by atoms with E-state index in [1.807, 2.05) is 4.90 Å². The first kappa shape index (κ1) is 15.6. The van der Waals surface area contributed by atoms with Crippen LogP contribution in [-0.4, -0.2) is 71.1 Å². The Labute approximate surface area is 122 Å². The van der Waals surface area contributed by atoms with E-state index in [-0.39, 0.29) is 25.6 Å². The maximum Gasteiger partial charge on any atom is 0.246 e. The average molecular weight is 296 g/mol. The molecule has 116 valence electrons. The molecule has 0 spiro atoms. The summed E-state index contributed by atoms with van der Waals surface area (Å²) in [6.07, 6.45) is 4.09. The van der Waals surface area contributed by atoms with Gasteiger partial charge in [-0.1, -0.05) is 0 Å². The number of anilines is 1. The van der Waals surface area contributed by atoms with E-state index in [1.54, 1.807) is 18.6 Å². The molecule has 0 unspecified atom stereocenters. The minimum atomic E-state index is -1.35. The normalized spacial score (nSPS) is 25.7. The molecule has 0 aliphatic carbocycles. The predicted molar refractivity (Wildman–Crippen MR) is 74.7 cm³/mol. The summed E-state index contributed by atoms with van der Waals surface area (Å²) >= 11 is 0. The van der Waals surface area contributed by atoms with Crippen LogP contribution in [0.5, 0.6) is 0 Å². The Bertz CT molecular complexity index is 472. The number of nitrogens with zero attached hydrogens (tertiary/aromatic N) is 3. The van der Waals surface area contributed by atoms with E-state index < -0.39 is 11.7 Å². The zero-order valence-electron chi connectivity index (χ0n) is 11.9. The molecule has 1 aliphatic rings. The number of β-amino-alcohol motifs (C(OH)–C–C–N with tert-alkyl or cyclic N) is 1.